The predicted molar refractivity (Wildman–Crippen MR) is 90.3 cm³/mol. The number of fused-ring (bicyclic) bond motifs is 1. The molecule has 24 heavy (non-hydrogen) atoms. The fourth-order valence-corrected chi connectivity index (χ4v) is 2.49. The summed E-state index contributed by atoms with van der Waals surface area (Å²) in [6, 6.07) is 15.3. The number of nitrogens with one attached hydrogen (secondary N) is 1. The Hall–Kier alpha value is -2.53. The summed E-state index contributed by atoms with van der Waals surface area (Å²) in [6.45, 7) is 3.39. The van der Waals surface area contributed by atoms with E-state index in [9.17, 15) is 4.79 Å². The number of carbonyl (C=O) groups is 1. The lowest BCUT2D eigenvalue weighted by molar-refractivity contribution is 0.0635. The van der Waals surface area contributed by atoms with Crippen LogP contribution in [0.2, 0.25) is 0 Å². The van der Waals surface area contributed by atoms with Gasteiger partial charge in [-0.25, -0.2) is 0 Å². The highest BCUT2D eigenvalue weighted by Gasteiger charge is 2.15. The molecule has 5 heteroatoms. The van der Waals surface area contributed by atoms with Gasteiger partial charge in [-0.2, -0.15) is 0 Å². The molecular weight excluding hydrogens is 306 g/mol. The maximum atomic E-state index is 12.1. The number of carbonyl (C=O) groups excluding carboxylic acids is 1. The minimum atomic E-state index is -0.121. The van der Waals surface area contributed by atoms with E-state index in [0.717, 1.165) is 12.0 Å². The zero-order chi connectivity index (χ0) is 16.8. The third kappa shape index (κ3) is 4.06. The molecule has 0 aliphatic carbocycles. The van der Waals surface area contributed by atoms with E-state index >= 15 is 0 Å². The molecular formula is C19H21NO4. The molecule has 0 bridgehead atoms. The largest absolute Gasteiger partial charge is 0.454 e. The van der Waals surface area contributed by atoms with Crippen molar-refractivity contribution < 1.29 is 19.0 Å². The fraction of sp³-hybridized carbons (Fsp3) is 0.316. The van der Waals surface area contributed by atoms with Gasteiger partial charge in [0.2, 0.25) is 6.79 Å². The summed E-state index contributed by atoms with van der Waals surface area (Å²) in [5, 5.41) is 2.89. The lowest BCUT2D eigenvalue weighted by atomic mass is 10.1. The highest BCUT2D eigenvalue weighted by atomic mass is 16.7. The molecule has 1 atom stereocenters. The molecule has 5 nitrogen and oxygen atoms in total. The number of hydrogen-bond acceptors (Lipinski definition) is 4. The van der Waals surface area contributed by atoms with Crippen LogP contribution >= 0.6 is 0 Å². The maximum absolute atomic E-state index is 12.1. The van der Waals surface area contributed by atoms with Crippen LogP contribution in [-0.4, -0.2) is 25.9 Å². The van der Waals surface area contributed by atoms with Gasteiger partial charge in [-0.3, -0.25) is 4.79 Å². The van der Waals surface area contributed by atoms with E-state index in [1.807, 2.05) is 37.3 Å². The molecule has 0 aromatic heterocycles. The van der Waals surface area contributed by atoms with E-state index in [1.54, 1.807) is 18.2 Å². The van der Waals surface area contributed by atoms with Crippen molar-refractivity contribution in [1.29, 1.82) is 0 Å². The van der Waals surface area contributed by atoms with Crippen molar-refractivity contribution in [1.82, 2.24) is 5.32 Å². The van der Waals surface area contributed by atoms with Gasteiger partial charge < -0.3 is 19.5 Å². The molecule has 0 saturated carbocycles. The molecule has 0 fully saturated rings. The molecule has 1 aliphatic rings. The second kappa shape index (κ2) is 7.84. The highest BCUT2D eigenvalue weighted by molar-refractivity contribution is 5.94. The van der Waals surface area contributed by atoms with Crippen LogP contribution in [-0.2, 0) is 4.74 Å². The van der Waals surface area contributed by atoms with Gasteiger partial charge in [-0.1, -0.05) is 30.3 Å². The molecule has 0 radical (unpaired) electrons. The number of rotatable bonds is 7. The maximum Gasteiger partial charge on any atom is 0.251 e. The minimum Gasteiger partial charge on any atom is -0.454 e. The zero-order valence-electron chi connectivity index (χ0n) is 13.7. The average Bonchev–Trinajstić information content (AvgIpc) is 3.09. The monoisotopic (exact) mass is 327 g/mol. The normalized spacial score (nSPS) is 13.5. The minimum absolute atomic E-state index is 0.0516. The van der Waals surface area contributed by atoms with Gasteiger partial charge in [0.15, 0.2) is 11.5 Å². The molecule has 1 amide bonds. The van der Waals surface area contributed by atoms with Crippen molar-refractivity contribution >= 4 is 5.91 Å². The summed E-state index contributed by atoms with van der Waals surface area (Å²) >= 11 is 0. The molecule has 3 rings (SSSR count). The Morgan fingerprint density at radius 3 is 2.79 bits per heavy atom. The molecule has 126 valence electrons. The first-order chi connectivity index (χ1) is 11.7. The molecule has 1 heterocycles. The smallest absolute Gasteiger partial charge is 0.251 e. The van der Waals surface area contributed by atoms with E-state index in [0.29, 0.717) is 30.2 Å². The Balaban J connectivity index is 1.38. The van der Waals surface area contributed by atoms with Crippen molar-refractivity contribution in [3.8, 4) is 11.5 Å². The lowest BCUT2D eigenvalue weighted by Crippen LogP contribution is -2.25. The second-order valence-corrected chi connectivity index (χ2v) is 5.60. The van der Waals surface area contributed by atoms with Crippen LogP contribution < -0.4 is 14.8 Å². The van der Waals surface area contributed by atoms with Gasteiger partial charge in [0.1, 0.15) is 0 Å². The van der Waals surface area contributed by atoms with E-state index in [1.165, 1.54) is 0 Å². The van der Waals surface area contributed by atoms with Crippen LogP contribution in [0.4, 0.5) is 0 Å². The van der Waals surface area contributed by atoms with Crippen molar-refractivity contribution in [3.63, 3.8) is 0 Å². The molecule has 1 N–H and O–H groups in total. The summed E-state index contributed by atoms with van der Waals surface area (Å²) in [5.41, 5.74) is 1.72. The van der Waals surface area contributed by atoms with Crippen molar-refractivity contribution in [2.24, 2.45) is 0 Å². The first kappa shape index (κ1) is 16.3. The SMILES string of the molecule is C[C@@H](OCCCNC(=O)c1ccc2c(c1)OCO2)c1ccccc1. The van der Waals surface area contributed by atoms with Gasteiger partial charge >= 0.3 is 0 Å². The fourth-order valence-electron chi connectivity index (χ4n) is 2.49. The van der Waals surface area contributed by atoms with Crippen LogP contribution in [0.5, 0.6) is 11.5 Å². The van der Waals surface area contributed by atoms with Crippen LogP contribution in [0.1, 0.15) is 35.4 Å². The van der Waals surface area contributed by atoms with Crippen molar-refractivity contribution in [2.75, 3.05) is 19.9 Å². The third-order valence-corrected chi connectivity index (χ3v) is 3.88. The molecule has 1 aliphatic heterocycles. The molecule has 2 aromatic rings. The van der Waals surface area contributed by atoms with E-state index in [-0.39, 0.29) is 18.8 Å². The predicted octanol–water partition coefficient (Wildman–Crippen LogP) is 3.31. The second-order valence-electron chi connectivity index (χ2n) is 5.60. The van der Waals surface area contributed by atoms with Gasteiger partial charge in [-0.05, 0) is 37.1 Å². The number of amides is 1. The molecule has 0 spiro atoms. The number of ether oxygens (including phenoxy) is 3. The van der Waals surface area contributed by atoms with Crippen molar-refractivity contribution in [3.05, 3.63) is 59.7 Å². The summed E-state index contributed by atoms with van der Waals surface area (Å²) < 4.78 is 16.3. The van der Waals surface area contributed by atoms with Crippen LogP contribution in [0, 0.1) is 0 Å². The Morgan fingerprint density at radius 1 is 1.17 bits per heavy atom. The number of benzene rings is 2. The van der Waals surface area contributed by atoms with Crippen LogP contribution in [0.15, 0.2) is 48.5 Å². The van der Waals surface area contributed by atoms with E-state index < -0.39 is 0 Å². The van der Waals surface area contributed by atoms with Crippen molar-refractivity contribution in [2.45, 2.75) is 19.4 Å². The highest BCUT2D eigenvalue weighted by Crippen LogP contribution is 2.32. The Labute approximate surface area is 141 Å². The summed E-state index contributed by atoms with van der Waals surface area (Å²) in [4.78, 5) is 12.1. The Bertz CT molecular complexity index is 687. The standard InChI is InChI=1S/C19H21NO4/c1-14(15-6-3-2-4-7-15)22-11-5-10-20-19(21)16-8-9-17-18(12-16)24-13-23-17/h2-4,6-9,12,14H,5,10-11,13H2,1H3,(H,20,21)/t14-/m1/s1. The van der Waals surface area contributed by atoms with Gasteiger partial charge in [0, 0.05) is 18.7 Å². The van der Waals surface area contributed by atoms with Crippen LogP contribution in [0.25, 0.3) is 0 Å². The van der Waals surface area contributed by atoms with Gasteiger partial charge in [-0.15, -0.1) is 0 Å². The number of hydrogen-bond donors (Lipinski definition) is 1. The first-order valence-corrected chi connectivity index (χ1v) is 8.08. The molecule has 0 saturated heterocycles. The third-order valence-electron chi connectivity index (χ3n) is 3.88. The van der Waals surface area contributed by atoms with Gasteiger partial charge in [0.05, 0.1) is 6.10 Å². The lowest BCUT2D eigenvalue weighted by Gasteiger charge is -2.13. The topological polar surface area (TPSA) is 56.8 Å². The summed E-state index contributed by atoms with van der Waals surface area (Å²) in [6.07, 6.45) is 0.809. The summed E-state index contributed by atoms with van der Waals surface area (Å²) in [7, 11) is 0. The average molecular weight is 327 g/mol. The quantitative estimate of drug-likeness (QED) is 0.793. The van der Waals surface area contributed by atoms with E-state index in [2.05, 4.69) is 5.32 Å². The first-order valence-electron chi connectivity index (χ1n) is 8.08. The zero-order valence-corrected chi connectivity index (χ0v) is 13.7. The molecule has 2 aromatic carbocycles. The Morgan fingerprint density at radius 2 is 1.96 bits per heavy atom. The van der Waals surface area contributed by atoms with Gasteiger partial charge in [0.25, 0.3) is 5.91 Å². The Kier molecular flexibility index (Phi) is 5.33. The van der Waals surface area contributed by atoms with E-state index in [4.69, 9.17) is 14.2 Å². The summed E-state index contributed by atoms with van der Waals surface area (Å²) in [5.74, 6) is 1.17. The van der Waals surface area contributed by atoms with Crippen LogP contribution in [0.3, 0.4) is 0 Å². The molecule has 0 unspecified atom stereocenters.